The van der Waals surface area contributed by atoms with E-state index < -0.39 is 69.2 Å². The van der Waals surface area contributed by atoms with Gasteiger partial charge in [-0.1, -0.05) is 23.7 Å². The number of alkyl halides is 5. The van der Waals surface area contributed by atoms with Crippen LogP contribution in [-0.4, -0.2) is 54.6 Å². The number of rotatable bonds is 4. The molecule has 6 nitrogen and oxygen atoms in total. The summed E-state index contributed by atoms with van der Waals surface area (Å²) in [4.78, 5) is 11.2. The van der Waals surface area contributed by atoms with E-state index in [0.717, 1.165) is 12.1 Å². The summed E-state index contributed by atoms with van der Waals surface area (Å²) >= 11 is 5.53. The molecule has 27 heavy (non-hydrogen) atoms. The van der Waals surface area contributed by atoms with E-state index in [0.29, 0.717) is 0 Å². The summed E-state index contributed by atoms with van der Waals surface area (Å²) in [7, 11) is -6.46. The Kier molecular flexibility index (Phi) is 5.61. The molecule has 0 aromatic heterocycles. The number of likely N-dealkylation sites (tertiary alicyclic amines) is 1. The van der Waals surface area contributed by atoms with Gasteiger partial charge in [0.25, 0.3) is 5.92 Å². The van der Waals surface area contributed by atoms with Crippen molar-refractivity contribution in [3.8, 4) is 0 Å². The summed E-state index contributed by atoms with van der Waals surface area (Å²) in [6, 6.07) is 1.21. The van der Waals surface area contributed by atoms with Crippen molar-refractivity contribution >= 4 is 27.8 Å². The molecular formula is C13H10ClF6NO5S. The minimum absolute atomic E-state index is 0.00307. The Morgan fingerprint density at radius 2 is 1.96 bits per heavy atom. The number of hydrogen-bond donors (Lipinski definition) is 1. The van der Waals surface area contributed by atoms with Crippen molar-refractivity contribution in [1.82, 2.24) is 4.90 Å². The van der Waals surface area contributed by atoms with Crippen molar-refractivity contribution in [1.29, 1.82) is 0 Å². The van der Waals surface area contributed by atoms with Crippen LogP contribution >= 0.6 is 11.6 Å². The monoisotopic (exact) mass is 441 g/mol. The Morgan fingerprint density at radius 3 is 2.48 bits per heavy atom. The van der Waals surface area contributed by atoms with Gasteiger partial charge in [-0.2, -0.15) is 21.6 Å². The van der Waals surface area contributed by atoms with Gasteiger partial charge in [-0.3, -0.25) is 9.08 Å². The molecule has 0 radical (unpaired) electrons. The van der Waals surface area contributed by atoms with Crippen LogP contribution in [0.15, 0.2) is 18.2 Å². The minimum atomic E-state index is -6.46. The molecule has 1 fully saturated rings. The topological polar surface area (TPSA) is 83.9 Å². The molecule has 14 heteroatoms. The lowest BCUT2D eigenvalue weighted by atomic mass is 10.0. The zero-order valence-corrected chi connectivity index (χ0v) is 14.5. The van der Waals surface area contributed by atoms with Crippen LogP contribution in [0.4, 0.5) is 31.1 Å². The number of nitrogens with zero attached hydrogens (tertiary/aromatic N) is 1. The van der Waals surface area contributed by atoms with E-state index in [1.165, 1.54) is 6.07 Å². The molecule has 0 unspecified atom stereocenters. The van der Waals surface area contributed by atoms with Crippen molar-refractivity contribution in [2.45, 2.75) is 30.0 Å². The van der Waals surface area contributed by atoms with Gasteiger partial charge in [0.1, 0.15) is 5.82 Å². The molecule has 1 amide bonds. The van der Waals surface area contributed by atoms with Gasteiger partial charge in [-0.15, -0.1) is 0 Å². The summed E-state index contributed by atoms with van der Waals surface area (Å²) in [5, 5.41) is 8.59. The first-order chi connectivity index (χ1) is 12.2. The first-order valence-corrected chi connectivity index (χ1v) is 8.76. The number of amides is 1. The number of carbonyl (C=O) groups is 1. The molecule has 1 heterocycles. The third kappa shape index (κ3) is 4.24. The number of carboxylic acid groups (broad SMARTS) is 1. The molecule has 1 aromatic carbocycles. The average Bonchev–Trinajstić information content (AvgIpc) is 2.74. The van der Waals surface area contributed by atoms with Crippen molar-refractivity contribution in [3.05, 3.63) is 34.6 Å². The van der Waals surface area contributed by atoms with Crippen LogP contribution in [-0.2, 0) is 20.7 Å². The molecule has 0 bridgehead atoms. The molecule has 1 N–H and O–H groups in total. The largest absolute Gasteiger partial charge is 0.523 e. The SMILES string of the molecule is O=C(O)N1CC(F)(F)[C@@H](OS(=O)(=O)C(F)(F)F)[C@@H]1Cc1cccc(Cl)c1F. The number of benzene rings is 1. The van der Waals surface area contributed by atoms with Gasteiger partial charge in [-0.05, 0) is 18.1 Å². The Balaban J connectivity index is 2.47. The van der Waals surface area contributed by atoms with Gasteiger partial charge in [0.2, 0.25) is 0 Å². The molecule has 1 aliphatic heterocycles. The van der Waals surface area contributed by atoms with E-state index in [1.54, 1.807) is 0 Å². The third-order valence-electron chi connectivity index (χ3n) is 3.77. The predicted octanol–water partition coefficient (Wildman–Crippen LogP) is 3.25. The maximum absolute atomic E-state index is 14.1. The van der Waals surface area contributed by atoms with Gasteiger partial charge in [0.05, 0.1) is 17.6 Å². The zero-order valence-electron chi connectivity index (χ0n) is 12.9. The fourth-order valence-corrected chi connectivity index (χ4v) is 3.41. The van der Waals surface area contributed by atoms with Gasteiger partial charge >= 0.3 is 21.7 Å². The maximum atomic E-state index is 14.1. The second-order valence-electron chi connectivity index (χ2n) is 5.57. The van der Waals surface area contributed by atoms with Crippen molar-refractivity contribution in [2.75, 3.05) is 6.54 Å². The van der Waals surface area contributed by atoms with Crippen LogP contribution < -0.4 is 0 Å². The highest BCUT2D eigenvalue weighted by Crippen LogP contribution is 2.40. The highest BCUT2D eigenvalue weighted by molar-refractivity contribution is 7.87. The minimum Gasteiger partial charge on any atom is -0.465 e. The fourth-order valence-electron chi connectivity index (χ4n) is 2.56. The van der Waals surface area contributed by atoms with Crippen LogP contribution in [0.2, 0.25) is 5.02 Å². The van der Waals surface area contributed by atoms with E-state index in [2.05, 4.69) is 4.18 Å². The lowest BCUT2D eigenvalue weighted by Gasteiger charge is -2.26. The highest BCUT2D eigenvalue weighted by atomic mass is 35.5. The molecule has 2 atom stereocenters. The Morgan fingerprint density at radius 1 is 1.37 bits per heavy atom. The van der Waals surface area contributed by atoms with E-state index >= 15 is 0 Å². The molecule has 152 valence electrons. The summed E-state index contributed by atoms with van der Waals surface area (Å²) in [5.41, 5.74) is -6.42. The summed E-state index contributed by atoms with van der Waals surface area (Å²) in [6.07, 6.45) is -5.89. The molecule has 0 saturated carbocycles. The van der Waals surface area contributed by atoms with E-state index in [9.17, 15) is 39.6 Å². The smallest absolute Gasteiger partial charge is 0.465 e. The first kappa shape index (κ1) is 21.6. The summed E-state index contributed by atoms with van der Waals surface area (Å²) in [6.45, 7) is -1.63. The van der Waals surface area contributed by atoms with Gasteiger partial charge < -0.3 is 5.11 Å². The van der Waals surface area contributed by atoms with Crippen molar-refractivity contribution in [2.24, 2.45) is 0 Å². The molecule has 2 rings (SSSR count). The molecule has 0 spiro atoms. The van der Waals surface area contributed by atoms with E-state index in [1.807, 2.05) is 0 Å². The normalized spacial score (nSPS) is 22.9. The summed E-state index contributed by atoms with van der Waals surface area (Å²) in [5.74, 6) is -5.40. The van der Waals surface area contributed by atoms with Gasteiger partial charge in [-0.25, -0.2) is 18.0 Å². The first-order valence-electron chi connectivity index (χ1n) is 6.97. The molecule has 1 aromatic rings. The highest BCUT2D eigenvalue weighted by Gasteiger charge is 2.61. The van der Waals surface area contributed by atoms with E-state index in [-0.39, 0.29) is 4.90 Å². The Bertz CT molecular complexity index is 846. The quantitative estimate of drug-likeness (QED) is 0.440. The van der Waals surface area contributed by atoms with Crippen LogP contribution in [0.3, 0.4) is 0 Å². The van der Waals surface area contributed by atoms with Crippen LogP contribution in [0.1, 0.15) is 5.56 Å². The van der Waals surface area contributed by atoms with Crippen LogP contribution in [0.25, 0.3) is 0 Å². The number of halogens is 7. The molecule has 1 saturated heterocycles. The third-order valence-corrected chi connectivity index (χ3v) is 5.09. The van der Waals surface area contributed by atoms with Crippen molar-refractivity contribution < 1.29 is 48.8 Å². The molecular weight excluding hydrogens is 432 g/mol. The average molecular weight is 442 g/mol. The van der Waals surface area contributed by atoms with Crippen LogP contribution in [0.5, 0.6) is 0 Å². The molecule has 1 aliphatic rings. The van der Waals surface area contributed by atoms with Gasteiger partial charge in [0, 0.05) is 0 Å². The zero-order chi connectivity index (χ0) is 20.8. The standard InChI is InChI=1S/C13H10ClF6NO5S/c14-7-3-1-2-6(9(7)15)4-8-10(26-27(24,25)13(18,19)20)12(16,17)5-21(8)11(22)23/h1-3,8,10H,4-5H2,(H,22,23)/t8-,10-/m0/s1. The Labute approximate surface area is 153 Å². The van der Waals surface area contributed by atoms with E-state index in [4.69, 9.17) is 16.7 Å². The Hall–Kier alpha value is -1.73. The van der Waals surface area contributed by atoms with Crippen LogP contribution in [0, 0.1) is 5.82 Å². The molecule has 0 aliphatic carbocycles. The summed E-state index contributed by atoms with van der Waals surface area (Å²) < 4.78 is 106. The predicted molar refractivity (Wildman–Crippen MR) is 78.4 cm³/mol. The fraction of sp³-hybridized carbons (Fsp3) is 0.462. The lowest BCUT2D eigenvalue weighted by molar-refractivity contribution is -0.0902. The maximum Gasteiger partial charge on any atom is 0.523 e. The van der Waals surface area contributed by atoms with Crippen molar-refractivity contribution in [3.63, 3.8) is 0 Å². The van der Waals surface area contributed by atoms with Gasteiger partial charge in [0.15, 0.2) is 6.10 Å². The second-order valence-corrected chi connectivity index (χ2v) is 7.54. The lowest BCUT2D eigenvalue weighted by Crippen LogP contribution is -2.46. The second kappa shape index (κ2) is 7.02. The number of hydrogen-bond acceptors (Lipinski definition) is 4.